The van der Waals surface area contributed by atoms with Crippen LogP contribution < -0.4 is 0 Å². The van der Waals surface area contributed by atoms with Crippen LogP contribution in [0.2, 0.25) is 0 Å². The zero-order chi connectivity index (χ0) is 11.6. The number of rotatable bonds is 5. The molecule has 0 amide bonds. The molecule has 4 N–H and O–H groups in total. The molecule has 0 fully saturated rings. The van der Waals surface area contributed by atoms with Crippen LogP contribution in [0.1, 0.15) is 26.2 Å². The van der Waals surface area contributed by atoms with Gasteiger partial charge in [-0.05, 0) is 6.42 Å². The quantitative estimate of drug-likeness (QED) is 0.421. The van der Waals surface area contributed by atoms with Crippen LogP contribution in [0.5, 0.6) is 0 Å². The average Bonchev–Trinajstić information content (AvgIpc) is 1.95. The van der Waals surface area contributed by atoms with E-state index in [0.717, 1.165) is 12.8 Å². The van der Waals surface area contributed by atoms with Crippen molar-refractivity contribution in [3.8, 4) is 0 Å². The summed E-state index contributed by atoms with van der Waals surface area (Å²) in [5, 5.41) is 0. The number of phosphoric ester groups is 1. The maximum absolute atomic E-state index is 10.1. The van der Waals surface area contributed by atoms with E-state index in [1.165, 1.54) is 0 Å². The molecule has 0 rings (SSSR count). The van der Waals surface area contributed by atoms with Crippen molar-refractivity contribution >= 4 is 16.1 Å². The topological polar surface area (TPSA) is 124 Å². The second kappa shape index (κ2) is 9.68. The van der Waals surface area contributed by atoms with Gasteiger partial charge in [0, 0.05) is 4.57 Å². The van der Waals surface area contributed by atoms with Gasteiger partial charge in [-0.2, -0.15) is 0 Å². The van der Waals surface area contributed by atoms with Crippen LogP contribution >= 0.6 is 16.1 Å². The third-order valence-electron chi connectivity index (χ3n) is 1.01. The summed E-state index contributed by atoms with van der Waals surface area (Å²) in [6.45, 7) is 2.16. The summed E-state index contributed by atoms with van der Waals surface area (Å²) in [5.41, 5.74) is 0. The molecule has 0 aromatic carbocycles. The first-order valence-corrected chi connectivity index (χ1v) is 6.54. The van der Waals surface area contributed by atoms with Gasteiger partial charge < -0.3 is 9.79 Å². The third-order valence-corrected chi connectivity index (χ3v) is 1.53. The lowest BCUT2D eigenvalue weighted by Gasteiger charge is -2.02. The molecule has 0 bridgehead atoms. The molecule has 0 atom stereocenters. The van der Waals surface area contributed by atoms with Crippen molar-refractivity contribution < 1.29 is 33.2 Å². The Morgan fingerprint density at radius 3 is 2.00 bits per heavy atom. The maximum atomic E-state index is 10.1. The van der Waals surface area contributed by atoms with Crippen molar-refractivity contribution in [2.24, 2.45) is 0 Å². The van der Waals surface area contributed by atoms with Crippen molar-refractivity contribution in [2.75, 3.05) is 6.61 Å². The summed E-state index contributed by atoms with van der Waals surface area (Å²) >= 11 is 0. The highest BCUT2D eigenvalue weighted by atomic mass is 31.2. The number of unbranched alkanes of at least 4 members (excludes halogenated alkanes) is 2. The Morgan fingerprint density at radius 2 is 1.71 bits per heavy atom. The first-order valence-electron chi connectivity index (χ1n) is 3.84. The molecular formula is C5H15O7P2+. The minimum Gasteiger partial charge on any atom is -0.303 e. The van der Waals surface area contributed by atoms with Crippen molar-refractivity contribution in [3.05, 3.63) is 0 Å². The summed E-state index contributed by atoms with van der Waals surface area (Å²) in [5.74, 6) is 0. The van der Waals surface area contributed by atoms with E-state index in [9.17, 15) is 4.57 Å². The van der Waals surface area contributed by atoms with Gasteiger partial charge >= 0.3 is 16.1 Å². The Morgan fingerprint density at radius 1 is 1.29 bits per heavy atom. The fourth-order valence-corrected chi connectivity index (χ4v) is 0.902. The van der Waals surface area contributed by atoms with E-state index >= 15 is 0 Å². The highest BCUT2D eigenvalue weighted by molar-refractivity contribution is 7.46. The lowest BCUT2D eigenvalue weighted by Crippen LogP contribution is -1.91. The Labute approximate surface area is 82.9 Å². The van der Waals surface area contributed by atoms with Crippen molar-refractivity contribution in [1.29, 1.82) is 0 Å². The van der Waals surface area contributed by atoms with E-state index in [2.05, 4.69) is 4.52 Å². The minimum atomic E-state index is -4.21. The Balaban J connectivity index is 0. The molecule has 86 valence electrons. The van der Waals surface area contributed by atoms with Crippen molar-refractivity contribution in [3.63, 3.8) is 0 Å². The van der Waals surface area contributed by atoms with Gasteiger partial charge in [0.2, 0.25) is 0 Å². The van der Waals surface area contributed by atoms with E-state index in [1.807, 2.05) is 6.92 Å². The summed E-state index contributed by atoms with van der Waals surface area (Å²) in [4.78, 5) is 30.7. The van der Waals surface area contributed by atoms with E-state index < -0.39 is 16.1 Å². The van der Waals surface area contributed by atoms with Gasteiger partial charge in [-0.1, -0.05) is 19.8 Å². The van der Waals surface area contributed by atoms with Crippen molar-refractivity contribution in [1.82, 2.24) is 0 Å². The third kappa shape index (κ3) is 29.6. The molecule has 0 aromatic heterocycles. The summed E-state index contributed by atoms with van der Waals surface area (Å²) in [6, 6.07) is 0. The van der Waals surface area contributed by atoms with Crippen LogP contribution in [0.4, 0.5) is 0 Å². The molecule has 0 saturated carbocycles. The van der Waals surface area contributed by atoms with Crippen LogP contribution in [-0.4, -0.2) is 26.2 Å². The number of hydrogen-bond donors (Lipinski definition) is 4. The molecule has 0 aliphatic carbocycles. The molecule has 0 spiro atoms. The first kappa shape index (κ1) is 16.6. The summed E-state index contributed by atoms with van der Waals surface area (Å²) < 4.78 is 23.0. The van der Waals surface area contributed by atoms with Gasteiger partial charge in [0.25, 0.3) is 0 Å². The second-order valence-corrected chi connectivity index (χ2v) is 4.03. The number of phosphoric acid groups is 1. The predicted molar refractivity (Wildman–Crippen MR) is 49.6 cm³/mol. The molecule has 7 nitrogen and oxygen atoms in total. The van der Waals surface area contributed by atoms with Crippen LogP contribution in [-0.2, 0) is 13.7 Å². The Hall–Kier alpha value is 0.130. The maximum Gasteiger partial charge on any atom is 0.692 e. The minimum absolute atomic E-state index is 0.151. The van der Waals surface area contributed by atoms with Crippen LogP contribution in [0.15, 0.2) is 0 Å². The number of hydrogen-bond acceptors (Lipinski definition) is 3. The molecule has 0 aromatic rings. The zero-order valence-electron chi connectivity index (χ0n) is 7.74. The summed E-state index contributed by atoms with van der Waals surface area (Å²) in [6.07, 6.45) is 2.67. The van der Waals surface area contributed by atoms with E-state index in [0.29, 0.717) is 6.42 Å². The standard InChI is InChI=1S/C5H13O4P.HO3P/c1-2-3-4-5-9-10(6,7)8;1-4(2)3/h2-5H2,1H3,(H2,6,7,8);(H-,1,2,3)/p+1. The van der Waals surface area contributed by atoms with Gasteiger partial charge in [0.1, 0.15) is 0 Å². The van der Waals surface area contributed by atoms with E-state index in [4.69, 9.17) is 24.1 Å². The monoisotopic (exact) mass is 249 g/mol. The molecule has 0 saturated heterocycles. The highest BCUT2D eigenvalue weighted by Crippen LogP contribution is 2.35. The Bertz CT molecular complexity index is 185. The highest BCUT2D eigenvalue weighted by Gasteiger charge is 2.11. The van der Waals surface area contributed by atoms with Crippen LogP contribution in [0.3, 0.4) is 0 Å². The van der Waals surface area contributed by atoms with Crippen molar-refractivity contribution in [2.45, 2.75) is 26.2 Å². The SMILES string of the molecule is CCCCCOP(=O)(O)O.O=[P+](O)O. The smallest absolute Gasteiger partial charge is 0.303 e. The largest absolute Gasteiger partial charge is 0.692 e. The fraction of sp³-hybridized carbons (Fsp3) is 1.00. The second-order valence-electron chi connectivity index (χ2n) is 2.28. The molecule has 0 unspecified atom stereocenters. The zero-order valence-corrected chi connectivity index (χ0v) is 9.53. The van der Waals surface area contributed by atoms with Gasteiger partial charge in [-0.15, -0.1) is 9.79 Å². The average molecular weight is 249 g/mol. The lowest BCUT2D eigenvalue weighted by molar-refractivity contribution is 0.193. The van der Waals surface area contributed by atoms with Gasteiger partial charge in [0.15, 0.2) is 0 Å². The molecule has 9 heteroatoms. The van der Waals surface area contributed by atoms with Gasteiger partial charge in [0.05, 0.1) is 6.61 Å². The normalized spacial score (nSPS) is 10.4. The molecule has 0 heterocycles. The molecule has 0 aliphatic rings. The van der Waals surface area contributed by atoms with Gasteiger partial charge in [-0.3, -0.25) is 4.52 Å². The van der Waals surface area contributed by atoms with E-state index in [1.54, 1.807) is 0 Å². The molecule has 0 aliphatic heterocycles. The van der Waals surface area contributed by atoms with Crippen LogP contribution in [0.25, 0.3) is 0 Å². The summed E-state index contributed by atoms with van der Waals surface area (Å²) in [7, 11) is -7.08. The fourth-order valence-electron chi connectivity index (χ4n) is 0.536. The van der Waals surface area contributed by atoms with Crippen LogP contribution in [0, 0.1) is 0 Å². The lowest BCUT2D eigenvalue weighted by atomic mass is 10.3. The molecule has 14 heavy (non-hydrogen) atoms. The predicted octanol–water partition coefficient (Wildman–Crippen LogP) is 0.914. The molecular weight excluding hydrogens is 234 g/mol. The molecule has 0 radical (unpaired) electrons. The van der Waals surface area contributed by atoms with E-state index in [-0.39, 0.29) is 6.61 Å². The Kier molecular flexibility index (Phi) is 11.4. The van der Waals surface area contributed by atoms with Gasteiger partial charge in [-0.25, -0.2) is 4.57 Å². The first-order chi connectivity index (χ1) is 6.29.